The average Bonchev–Trinajstić information content (AvgIpc) is 2.37. The van der Waals surface area contributed by atoms with Crippen LogP contribution in [0.5, 0.6) is 0 Å². The average molecular weight is 300 g/mol. The summed E-state index contributed by atoms with van der Waals surface area (Å²) in [7, 11) is 0. The Morgan fingerprint density at radius 3 is 2.29 bits per heavy atom. The van der Waals surface area contributed by atoms with Crippen LogP contribution in [0.2, 0.25) is 0 Å². The summed E-state index contributed by atoms with van der Waals surface area (Å²) >= 11 is 0. The van der Waals surface area contributed by atoms with E-state index in [1.54, 1.807) is 11.8 Å². The largest absolute Gasteiger partial charge is 0.465 e. The number of nitrogens with zero attached hydrogens (tertiary/aromatic N) is 1. The van der Waals surface area contributed by atoms with Crippen molar-refractivity contribution in [1.29, 1.82) is 0 Å². The van der Waals surface area contributed by atoms with E-state index in [1.165, 1.54) is 6.42 Å². The second-order valence-electron chi connectivity index (χ2n) is 5.90. The van der Waals surface area contributed by atoms with Crippen LogP contribution in [-0.4, -0.2) is 49.1 Å². The van der Waals surface area contributed by atoms with E-state index in [-0.39, 0.29) is 31.0 Å². The normalized spacial score (nSPS) is 12.5. The summed E-state index contributed by atoms with van der Waals surface area (Å²) in [6.45, 7) is 11.6. The lowest BCUT2D eigenvalue weighted by atomic mass is 10.0. The Balaban J connectivity index is 4.00. The number of carbonyl (C=O) groups is 2. The maximum Gasteiger partial charge on any atom is 0.320 e. The Hall–Kier alpha value is -1.10. The first-order valence-corrected chi connectivity index (χ1v) is 8.06. The summed E-state index contributed by atoms with van der Waals surface area (Å²) in [5, 5.41) is 2.99. The van der Waals surface area contributed by atoms with Crippen LogP contribution in [-0.2, 0) is 14.3 Å². The first-order chi connectivity index (χ1) is 9.88. The Kier molecular flexibility index (Phi) is 10.9. The monoisotopic (exact) mass is 300 g/mol. The molecule has 0 aliphatic rings. The molecule has 124 valence electrons. The minimum Gasteiger partial charge on any atom is -0.465 e. The Morgan fingerprint density at radius 2 is 1.76 bits per heavy atom. The number of esters is 1. The molecule has 0 saturated heterocycles. The van der Waals surface area contributed by atoms with E-state index in [1.807, 2.05) is 13.8 Å². The molecule has 0 spiro atoms. The lowest BCUT2D eigenvalue weighted by Crippen LogP contribution is -2.43. The molecule has 0 heterocycles. The molecule has 0 rings (SSSR count). The van der Waals surface area contributed by atoms with Crippen molar-refractivity contribution in [3.05, 3.63) is 0 Å². The Labute approximate surface area is 129 Å². The molecule has 5 heteroatoms. The summed E-state index contributed by atoms with van der Waals surface area (Å²) in [6.07, 6.45) is 3.30. The third kappa shape index (κ3) is 11.3. The first kappa shape index (κ1) is 19.9. The van der Waals surface area contributed by atoms with Crippen molar-refractivity contribution in [3.8, 4) is 0 Å². The maximum absolute atomic E-state index is 12.0. The maximum atomic E-state index is 12.0. The van der Waals surface area contributed by atoms with Crippen molar-refractivity contribution in [3.63, 3.8) is 0 Å². The van der Waals surface area contributed by atoms with Crippen LogP contribution in [0.15, 0.2) is 0 Å². The topological polar surface area (TPSA) is 58.6 Å². The van der Waals surface area contributed by atoms with Crippen LogP contribution < -0.4 is 5.32 Å². The van der Waals surface area contributed by atoms with Crippen LogP contribution in [0.4, 0.5) is 0 Å². The van der Waals surface area contributed by atoms with Gasteiger partial charge >= 0.3 is 5.97 Å². The van der Waals surface area contributed by atoms with Gasteiger partial charge in [0.1, 0.15) is 0 Å². The zero-order chi connectivity index (χ0) is 16.3. The lowest BCUT2D eigenvalue weighted by Gasteiger charge is -2.20. The highest BCUT2D eigenvalue weighted by Gasteiger charge is 2.15. The molecule has 0 saturated carbocycles. The fourth-order valence-corrected chi connectivity index (χ4v) is 2.10. The van der Waals surface area contributed by atoms with E-state index in [0.29, 0.717) is 19.1 Å². The molecule has 1 amide bonds. The smallest absolute Gasteiger partial charge is 0.320 e. The van der Waals surface area contributed by atoms with Crippen molar-refractivity contribution in [2.45, 2.75) is 59.9 Å². The van der Waals surface area contributed by atoms with Gasteiger partial charge in [-0.25, -0.2) is 0 Å². The van der Waals surface area contributed by atoms with Gasteiger partial charge in [0, 0.05) is 6.04 Å². The fourth-order valence-electron chi connectivity index (χ4n) is 2.10. The standard InChI is InChI=1S/C16H32N2O3/c1-6-18(12-16(20)21-7-2)11-15(19)17-14(5)10-8-9-13(3)4/h13-14H,6-12H2,1-5H3,(H,17,19). The van der Waals surface area contributed by atoms with Gasteiger partial charge in [-0.1, -0.05) is 33.6 Å². The van der Waals surface area contributed by atoms with Crippen molar-refractivity contribution in [1.82, 2.24) is 10.2 Å². The van der Waals surface area contributed by atoms with Crippen molar-refractivity contribution in [2.24, 2.45) is 5.92 Å². The Bertz CT molecular complexity index is 306. The lowest BCUT2D eigenvalue weighted by molar-refractivity contribution is -0.144. The SMILES string of the molecule is CCOC(=O)CN(CC)CC(=O)NC(C)CCCC(C)C. The van der Waals surface area contributed by atoms with Crippen LogP contribution in [0.25, 0.3) is 0 Å². The van der Waals surface area contributed by atoms with Gasteiger partial charge in [-0.05, 0) is 32.7 Å². The number of rotatable bonds is 11. The van der Waals surface area contributed by atoms with Crippen LogP contribution >= 0.6 is 0 Å². The zero-order valence-corrected chi connectivity index (χ0v) is 14.3. The summed E-state index contributed by atoms with van der Waals surface area (Å²) in [5.74, 6) is 0.392. The zero-order valence-electron chi connectivity index (χ0n) is 14.3. The Morgan fingerprint density at radius 1 is 1.10 bits per heavy atom. The highest BCUT2D eigenvalue weighted by molar-refractivity contribution is 5.79. The van der Waals surface area contributed by atoms with Gasteiger partial charge in [0.25, 0.3) is 0 Å². The van der Waals surface area contributed by atoms with E-state index < -0.39 is 0 Å². The predicted molar refractivity (Wildman–Crippen MR) is 85.0 cm³/mol. The third-order valence-electron chi connectivity index (χ3n) is 3.30. The molecule has 0 bridgehead atoms. The molecule has 5 nitrogen and oxygen atoms in total. The van der Waals surface area contributed by atoms with Gasteiger partial charge in [-0.2, -0.15) is 0 Å². The molecule has 0 aliphatic heterocycles. The van der Waals surface area contributed by atoms with Gasteiger partial charge in [-0.15, -0.1) is 0 Å². The minimum atomic E-state index is -0.280. The number of nitrogens with one attached hydrogen (secondary N) is 1. The molecular formula is C16H32N2O3. The number of likely N-dealkylation sites (N-methyl/N-ethyl adjacent to an activating group) is 1. The third-order valence-corrected chi connectivity index (χ3v) is 3.30. The molecule has 0 aromatic rings. The number of hydrogen-bond donors (Lipinski definition) is 1. The number of carbonyl (C=O) groups excluding carboxylic acids is 2. The summed E-state index contributed by atoms with van der Waals surface area (Å²) in [4.78, 5) is 25.2. The molecule has 21 heavy (non-hydrogen) atoms. The predicted octanol–water partition coefficient (Wildman–Crippen LogP) is 2.20. The van der Waals surface area contributed by atoms with E-state index >= 15 is 0 Å². The van der Waals surface area contributed by atoms with Gasteiger partial charge in [-0.3, -0.25) is 14.5 Å². The van der Waals surface area contributed by atoms with E-state index in [0.717, 1.165) is 12.8 Å². The van der Waals surface area contributed by atoms with E-state index in [4.69, 9.17) is 4.74 Å². The quantitative estimate of drug-likeness (QED) is 0.594. The first-order valence-electron chi connectivity index (χ1n) is 8.06. The number of ether oxygens (including phenoxy) is 1. The van der Waals surface area contributed by atoms with Crippen LogP contribution in [0.3, 0.4) is 0 Å². The second kappa shape index (κ2) is 11.5. The van der Waals surface area contributed by atoms with Crippen LogP contribution in [0, 0.1) is 5.92 Å². The molecule has 1 atom stereocenters. The van der Waals surface area contributed by atoms with Gasteiger partial charge in [0.05, 0.1) is 19.7 Å². The van der Waals surface area contributed by atoms with Crippen molar-refractivity contribution < 1.29 is 14.3 Å². The van der Waals surface area contributed by atoms with E-state index in [2.05, 4.69) is 19.2 Å². The van der Waals surface area contributed by atoms with Gasteiger partial charge in [0.15, 0.2) is 0 Å². The molecule has 0 radical (unpaired) electrons. The molecular weight excluding hydrogens is 268 g/mol. The molecule has 1 N–H and O–H groups in total. The molecule has 0 aliphatic carbocycles. The molecule has 0 fully saturated rings. The summed E-state index contributed by atoms with van der Waals surface area (Å²) < 4.78 is 4.90. The van der Waals surface area contributed by atoms with Gasteiger partial charge in [0.2, 0.25) is 5.91 Å². The summed E-state index contributed by atoms with van der Waals surface area (Å²) in [5.41, 5.74) is 0. The van der Waals surface area contributed by atoms with Crippen molar-refractivity contribution in [2.75, 3.05) is 26.2 Å². The highest BCUT2D eigenvalue weighted by Crippen LogP contribution is 2.08. The molecule has 0 aromatic carbocycles. The van der Waals surface area contributed by atoms with Crippen LogP contribution in [0.1, 0.15) is 53.9 Å². The van der Waals surface area contributed by atoms with Gasteiger partial charge < -0.3 is 10.1 Å². The fraction of sp³-hybridized carbons (Fsp3) is 0.875. The second-order valence-corrected chi connectivity index (χ2v) is 5.90. The van der Waals surface area contributed by atoms with E-state index in [9.17, 15) is 9.59 Å². The molecule has 1 unspecified atom stereocenters. The van der Waals surface area contributed by atoms with Crippen molar-refractivity contribution >= 4 is 11.9 Å². The number of hydrogen-bond acceptors (Lipinski definition) is 4. The number of amides is 1. The highest BCUT2D eigenvalue weighted by atomic mass is 16.5. The minimum absolute atomic E-state index is 0.0294. The molecule has 0 aromatic heterocycles. The summed E-state index contributed by atoms with van der Waals surface area (Å²) in [6, 6.07) is 0.178.